The summed E-state index contributed by atoms with van der Waals surface area (Å²) in [5, 5.41) is 8.58. The highest BCUT2D eigenvalue weighted by Gasteiger charge is 2.24. The highest BCUT2D eigenvalue weighted by Crippen LogP contribution is 2.32. The van der Waals surface area contributed by atoms with Crippen molar-refractivity contribution in [2.75, 3.05) is 37.9 Å². The lowest BCUT2D eigenvalue weighted by molar-refractivity contribution is 0.0746. The summed E-state index contributed by atoms with van der Waals surface area (Å²) in [5.74, 6) is 2.83. The summed E-state index contributed by atoms with van der Waals surface area (Å²) in [6.07, 6.45) is 5.21. The fourth-order valence-corrected chi connectivity index (χ4v) is 3.37. The van der Waals surface area contributed by atoms with Crippen LogP contribution in [0.2, 0.25) is 0 Å². The Bertz CT molecular complexity index is 981. The van der Waals surface area contributed by atoms with Crippen molar-refractivity contribution in [2.24, 2.45) is 0 Å². The summed E-state index contributed by atoms with van der Waals surface area (Å²) >= 11 is 0. The molecule has 2 aliphatic heterocycles. The minimum absolute atomic E-state index is 0.000472. The first-order valence-electron chi connectivity index (χ1n) is 9.04. The van der Waals surface area contributed by atoms with Gasteiger partial charge in [0.15, 0.2) is 23.1 Å². The van der Waals surface area contributed by atoms with Crippen LogP contribution in [0.3, 0.4) is 0 Å². The van der Waals surface area contributed by atoms with Gasteiger partial charge in [-0.15, -0.1) is 10.2 Å². The number of rotatable bonds is 3. The molecule has 1 fully saturated rings. The number of ether oxygens (including phenoxy) is 2. The van der Waals surface area contributed by atoms with Gasteiger partial charge in [0, 0.05) is 44.1 Å². The Balaban J connectivity index is 1.23. The van der Waals surface area contributed by atoms with E-state index in [0.29, 0.717) is 43.2 Å². The maximum absolute atomic E-state index is 12.8. The fourth-order valence-electron chi connectivity index (χ4n) is 3.37. The van der Waals surface area contributed by atoms with E-state index in [1.54, 1.807) is 35.3 Å². The molecule has 2 aromatic heterocycles. The third kappa shape index (κ3) is 3.00. The van der Waals surface area contributed by atoms with Crippen LogP contribution in [-0.2, 0) is 0 Å². The average Bonchev–Trinajstić information content (AvgIpc) is 3.45. The van der Waals surface area contributed by atoms with Crippen LogP contribution in [0.4, 0.5) is 5.82 Å². The zero-order valence-corrected chi connectivity index (χ0v) is 15.1. The van der Waals surface area contributed by atoms with Crippen LogP contribution in [-0.4, -0.2) is 63.5 Å². The maximum atomic E-state index is 12.8. The fraction of sp³-hybridized carbons (Fsp3) is 0.263. The van der Waals surface area contributed by atoms with Gasteiger partial charge in [0.25, 0.3) is 5.91 Å². The number of carbonyl (C=O) groups is 1. The minimum Gasteiger partial charge on any atom is -0.454 e. The minimum atomic E-state index is -0.000472. The highest BCUT2D eigenvalue weighted by molar-refractivity contribution is 5.95. The zero-order valence-electron chi connectivity index (χ0n) is 15.1. The van der Waals surface area contributed by atoms with Crippen LogP contribution in [0.15, 0.2) is 49.1 Å². The van der Waals surface area contributed by atoms with Gasteiger partial charge in [-0.25, -0.2) is 4.98 Å². The molecule has 0 unspecified atom stereocenters. The van der Waals surface area contributed by atoms with E-state index in [4.69, 9.17) is 9.47 Å². The molecule has 1 saturated heterocycles. The Kier molecular flexibility index (Phi) is 4.04. The van der Waals surface area contributed by atoms with Gasteiger partial charge in [-0.3, -0.25) is 9.36 Å². The summed E-state index contributed by atoms with van der Waals surface area (Å²) in [5.41, 5.74) is 0.613. The predicted molar refractivity (Wildman–Crippen MR) is 99.8 cm³/mol. The molecule has 2 aliphatic rings. The molecule has 0 saturated carbocycles. The highest BCUT2D eigenvalue weighted by atomic mass is 16.7. The summed E-state index contributed by atoms with van der Waals surface area (Å²) in [6, 6.07) is 9.16. The van der Waals surface area contributed by atoms with Gasteiger partial charge in [0.1, 0.15) is 6.33 Å². The van der Waals surface area contributed by atoms with Crippen LogP contribution >= 0.6 is 0 Å². The normalized spacial score (nSPS) is 15.7. The topological polar surface area (TPSA) is 85.6 Å². The molecule has 0 aliphatic carbocycles. The van der Waals surface area contributed by atoms with Gasteiger partial charge in [-0.2, -0.15) is 0 Å². The van der Waals surface area contributed by atoms with Gasteiger partial charge in [-0.05, 0) is 30.3 Å². The van der Waals surface area contributed by atoms with Crippen molar-refractivity contribution >= 4 is 11.7 Å². The molecule has 9 nitrogen and oxygen atoms in total. The van der Waals surface area contributed by atoms with E-state index in [2.05, 4.69) is 20.1 Å². The lowest BCUT2D eigenvalue weighted by Crippen LogP contribution is -2.49. The number of fused-ring (bicyclic) bond motifs is 1. The summed E-state index contributed by atoms with van der Waals surface area (Å²) in [4.78, 5) is 20.8. The molecule has 9 heteroatoms. The third-order valence-corrected chi connectivity index (χ3v) is 4.92. The first kappa shape index (κ1) is 16.5. The van der Waals surface area contributed by atoms with Gasteiger partial charge in [-0.1, -0.05) is 0 Å². The number of hydrogen-bond donors (Lipinski definition) is 0. The predicted octanol–water partition coefficient (Wildman–Crippen LogP) is 1.35. The van der Waals surface area contributed by atoms with E-state index >= 15 is 0 Å². The van der Waals surface area contributed by atoms with Crippen LogP contribution in [0.1, 0.15) is 10.4 Å². The lowest BCUT2D eigenvalue weighted by Gasteiger charge is -2.35. The van der Waals surface area contributed by atoms with E-state index in [1.807, 2.05) is 23.2 Å². The van der Waals surface area contributed by atoms with Crippen molar-refractivity contribution in [1.82, 2.24) is 24.6 Å². The second kappa shape index (κ2) is 6.84. The second-order valence-electron chi connectivity index (χ2n) is 6.57. The number of carbonyl (C=O) groups excluding carboxylic acids is 1. The second-order valence-corrected chi connectivity index (χ2v) is 6.57. The molecule has 28 heavy (non-hydrogen) atoms. The van der Waals surface area contributed by atoms with Crippen molar-refractivity contribution in [3.05, 3.63) is 54.6 Å². The van der Waals surface area contributed by atoms with Gasteiger partial charge >= 0.3 is 0 Å². The number of hydrogen-bond acceptors (Lipinski definition) is 7. The molecule has 0 bridgehead atoms. The van der Waals surface area contributed by atoms with E-state index in [9.17, 15) is 4.79 Å². The Labute approximate surface area is 161 Å². The zero-order chi connectivity index (χ0) is 18.9. The molecule has 0 atom stereocenters. The molecular weight excluding hydrogens is 360 g/mol. The van der Waals surface area contributed by atoms with Crippen LogP contribution in [0, 0.1) is 0 Å². The number of amides is 1. The first-order valence-corrected chi connectivity index (χ1v) is 9.04. The van der Waals surface area contributed by atoms with E-state index < -0.39 is 0 Å². The molecule has 0 spiro atoms. The first-order chi connectivity index (χ1) is 13.8. The molecule has 4 heterocycles. The third-order valence-electron chi connectivity index (χ3n) is 4.92. The van der Waals surface area contributed by atoms with Gasteiger partial charge < -0.3 is 19.3 Å². The SMILES string of the molecule is O=C(c1ccc2c(c1)OCO2)N1CCN(c2ccc(-n3ccnc3)nn2)CC1. The van der Waals surface area contributed by atoms with Crippen LogP contribution in [0.5, 0.6) is 11.5 Å². The van der Waals surface area contributed by atoms with Crippen molar-refractivity contribution in [1.29, 1.82) is 0 Å². The molecular formula is C19H18N6O3. The van der Waals surface area contributed by atoms with Crippen molar-refractivity contribution in [2.45, 2.75) is 0 Å². The Morgan fingerprint density at radius 1 is 0.929 bits per heavy atom. The number of aromatic nitrogens is 4. The van der Waals surface area contributed by atoms with E-state index in [0.717, 1.165) is 11.6 Å². The van der Waals surface area contributed by atoms with E-state index in [-0.39, 0.29) is 12.7 Å². The van der Waals surface area contributed by atoms with Crippen LogP contribution in [0.25, 0.3) is 5.82 Å². The number of imidazole rings is 1. The molecule has 0 N–H and O–H groups in total. The average molecular weight is 378 g/mol. The number of anilines is 1. The smallest absolute Gasteiger partial charge is 0.254 e. The summed E-state index contributed by atoms with van der Waals surface area (Å²) in [6.45, 7) is 2.85. The lowest BCUT2D eigenvalue weighted by atomic mass is 10.1. The Morgan fingerprint density at radius 3 is 2.46 bits per heavy atom. The van der Waals surface area contributed by atoms with Crippen molar-refractivity contribution in [3.63, 3.8) is 0 Å². The molecule has 1 amide bonds. The Morgan fingerprint density at radius 2 is 1.71 bits per heavy atom. The van der Waals surface area contributed by atoms with Crippen molar-refractivity contribution in [3.8, 4) is 17.3 Å². The molecule has 1 aromatic carbocycles. The largest absolute Gasteiger partial charge is 0.454 e. The Hall–Kier alpha value is -3.62. The van der Waals surface area contributed by atoms with Crippen molar-refractivity contribution < 1.29 is 14.3 Å². The van der Waals surface area contributed by atoms with Gasteiger partial charge in [0.2, 0.25) is 6.79 Å². The molecule has 5 rings (SSSR count). The van der Waals surface area contributed by atoms with Gasteiger partial charge in [0.05, 0.1) is 0 Å². The standard InChI is InChI=1S/C19H18N6O3/c26-19(14-1-2-15-16(11-14)28-13-27-15)24-9-7-23(8-10-24)17-3-4-18(22-21-17)25-6-5-20-12-25/h1-6,11-12H,7-10,13H2. The van der Waals surface area contributed by atoms with E-state index in [1.165, 1.54) is 0 Å². The number of piperazine rings is 1. The maximum Gasteiger partial charge on any atom is 0.254 e. The molecule has 3 aromatic rings. The number of benzene rings is 1. The summed E-state index contributed by atoms with van der Waals surface area (Å²) < 4.78 is 12.5. The number of nitrogens with zero attached hydrogens (tertiary/aromatic N) is 6. The monoisotopic (exact) mass is 378 g/mol. The summed E-state index contributed by atoms with van der Waals surface area (Å²) in [7, 11) is 0. The quantitative estimate of drug-likeness (QED) is 0.680. The molecule has 142 valence electrons. The molecule has 0 radical (unpaired) electrons. The van der Waals surface area contributed by atoms with Crippen LogP contribution < -0.4 is 14.4 Å².